The Balaban J connectivity index is 2.13. The number of nitrogens with zero attached hydrogens (tertiary/aromatic N) is 1. The lowest BCUT2D eigenvalue weighted by molar-refractivity contribution is 0.0938. The molecule has 1 aromatic carbocycles. The van der Waals surface area contributed by atoms with E-state index >= 15 is 0 Å². The van der Waals surface area contributed by atoms with Gasteiger partial charge in [0.2, 0.25) is 0 Å². The maximum Gasteiger partial charge on any atom is 0.257 e. The fraction of sp³-hybridized carbons (Fsp3) is 0.286. The van der Waals surface area contributed by atoms with E-state index in [-0.39, 0.29) is 11.9 Å². The minimum Gasteiger partial charge on any atom is -0.361 e. The summed E-state index contributed by atoms with van der Waals surface area (Å²) in [6, 6.07) is 7.27. The molecule has 2 aromatic rings. The molecule has 0 saturated carbocycles. The molecule has 0 aliphatic carbocycles. The van der Waals surface area contributed by atoms with Crippen molar-refractivity contribution in [3.63, 3.8) is 0 Å². The topological polar surface area (TPSA) is 55.1 Å². The predicted molar refractivity (Wildman–Crippen MR) is 73.3 cm³/mol. The molecule has 0 radical (unpaired) electrons. The van der Waals surface area contributed by atoms with Crippen LogP contribution in [0.25, 0.3) is 0 Å². The summed E-state index contributed by atoms with van der Waals surface area (Å²) >= 11 is 5.84. The summed E-state index contributed by atoms with van der Waals surface area (Å²) in [5, 5.41) is 7.37. The number of amides is 1. The van der Waals surface area contributed by atoms with E-state index in [1.165, 1.54) is 0 Å². The molecule has 4 nitrogen and oxygen atoms in total. The third-order valence-electron chi connectivity index (χ3n) is 2.98. The largest absolute Gasteiger partial charge is 0.361 e. The van der Waals surface area contributed by atoms with Gasteiger partial charge in [-0.05, 0) is 38.5 Å². The summed E-state index contributed by atoms with van der Waals surface area (Å²) in [6.45, 7) is 5.39. The number of nitrogens with one attached hydrogen (secondary N) is 1. The Morgan fingerprint density at radius 1 is 1.32 bits per heavy atom. The molecule has 19 heavy (non-hydrogen) atoms. The van der Waals surface area contributed by atoms with E-state index in [9.17, 15) is 4.79 Å². The molecular formula is C14H15ClN2O2. The summed E-state index contributed by atoms with van der Waals surface area (Å²) in [7, 11) is 0. The number of hydrogen-bond acceptors (Lipinski definition) is 3. The fourth-order valence-electron chi connectivity index (χ4n) is 1.91. The van der Waals surface area contributed by atoms with Crippen LogP contribution in [0, 0.1) is 13.8 Å². The van der Waals surface area contributed by atoms with Gasteiger partial charge in [0.25, 0.3) is 5.91 Å². The Bertz CT molecular complexity index is 570. The molecule has 0 spiro atoms. The zero-order valence-corrected chi connectivity index (χ0v) is 11.8. The van der Waals surface area contributed by atoms with Crippen LogP contribution in [0.5, 0.6) is 0 Å². The number of carbonyl (C=O) groups is 1. The number of hydrogen-bond donors (Lipinski definition) is 1. The quantitative estimate of drug-likeness (QED) is 0.936. The van der Waals surface area contributed by atoms with E-state index in [0.29, 0.717) is 22.0 Å². The van der Waals surface area contributed by atoms with Gasteiger partial charge in [0, 0.05) is 5.02 Å². The van der Waals surface area contributed by atoms with Crippen LogP contribution in [-0.2, 0) is 0 Å². The van der Waals surface area contributed by atoms with Gasteiger partial charge in [-0.2, -0.15) is 0 Å². The summed E-state index contributed by atoms with van der Waals surface area (Å²) in [5.41, 5.74) is 2.09. The Morgan fingerprint density at radius 2 is 1.95 bits per heavy atom. The lowest BCUT2D eigenvalue weighted by Gasteiger charge is -2.14. The van der Waals surface area contributed by atoms with Crippen molar-refractivity contribution >= 4 is 17.5 Å². The molecule has 0 saturated heterocycles. The van der Waals surface area contributed by atoms with Crippen LogP contribution in [0.3, 0.4) is 0 Å². The second kappa shape index (κ2) is 5.45. The molecule has 1 N–H and O–H groups in total. The van der Waals surface area contributed by atoms with Crippen molar-refractivity contribution in [2.75, 3.05) is 0 Å². The maximum atomic E-state index is 12.2. The predicted octanol–water partition coefficient (Wildman–Crippen LogP) is 3.44. The SMILES string of the molecule is Cc1noc(C)c1C(=O)N[C@@H](C)c1ccc(Cl)cc1. The Morgan fingerprint density at radius 3 is 2.47 bits per heavy atom. The van der Waals surface area contributed by atoms with Gasteiger partial charge in [-0.25, -0.2) is 0 Å². The van der Waals surface area contributed by atoms with Crippen molar-refractivity contribution in [2.45, 2.75) is 26.8 Å². The van der Waals surface area contributed by atoms with Crippen LogP contribution in [0.15, 0.2) is 28.8 Å². The zero-order valence-electron chi connectivity index (χ0n) is 11.0. The first kappa shape index (κ1) is 13.6. The Kier molecular flexibility index (Phi) is 3.90. The summed E-state index contributed by atoms with van der Waals surface area (Å²) in [5.74, 6) is 0.344. The number of benzene rings is 1. The molecule has 1 amide bonds. The molecule has 0 unspecified atom stereocenters. The highest BCUT2D eigenvalue weighted by Gasteiger charge is 2.19. The average Bonchev–Trinajstić information content (AvgIpc) is 2.69. The Labute approximate surface area is 116 Å². The molecule has 1 heterocycles. The van der Waals surface area contributed by atoms with Crippen molar-refractivity contribution < 1.29 is 9.32 Å². The van der Waals surface area contributed by atoms with E-state index in [1.54, 1.807) is 26.0 Å². The molecule has 1 atom stereocenters. The minimum atomic E-state index is -0.182. The summed E-state index contributed by atoms with van der Waals surface area (Å²) in [6.07, 6.45) is 0. The van der Waals surface area contributed by atoms with Crippen LogP contribution in [0.2, 0.25) is 5.02 Å². The van der Waals surface area contributed by atoms with Crippen LogP contribution in [-0.4, -0.2) is 11.1 Å². The van der Waals surface area contributed by atoms with E-state index in [0.717, 1.165) is 5.56 Å². The number of aromatic nitrogens is 1. The molecule has 5 heteroatoms. The van der Waals surface area contributed by atoms with Crippen LogP contribution >= 0.6 is 11.6 Å². The van der Waals surface area contributed by atoms with E-state index in [1.807, 2.05) is 19.1 Å². The third kappa shape index (κ3) is 2.96. The van der Waals surface area contributed by atoms with Gasteiger partial charge in [0.15, 0.2) is 0 Å². The number of aryl methyl sites for hydroxylation is 2. The van der Waals surface area contributed by atoms with Crippen LogP contribution in [0.4, 0.5) is 0 Å². The van der Waals surface area contributed by atoms with E-state index in [2.05, 4.69) is 10.5 Å². The smallest absolute Gasteiger partial charge is 0.257 e. The standard InChI is InChI=1S/C14H15ClN2O2/c1-8(11-4-6-12(15)7-5-11)16-14(18)13-9(2)17-19-10(13)3/h4-8H,1-3H3,(H,16,18)/t8-/m0/s1. The maximum absolute atomic E-state index is 12.2. The van der Waals surface area contributed by atoms with Gasteiger partial charge in [-0.15, -0.1) is 0 Å². The zero-order chi connectivity index (χ0) is 14.0. The average molecular weight is 279 g/mol. The highest BCUT2D eigenvalue weighted by atomic mass is 35.5. The molecule has 1 aromatic heterocycles. The molecular weight excluding hydrogens is 264 g/mol. The highest BCUT2D eigenvalue weighted by molar-refractivity contribution is 6.30. The molecule has 0 bridgehead atoms. The van der Waals surface area contributed by atoms with Gasteiger partial charge < -0.3 is 9.84 Å². The van der Waals surface area contributed by atoms with Crippen molar-refractivity contribution in [1.29, 1.82) is 0 Å². The van der Waals surface area contributed by atoms with Crippen molar-refractivity contribution in [2.24, 2.45) is 0 Å². The van der Waals surface area contributed by atoms with Gasteiger partial charge in [0.1, 0.15) is 11.3 Å². The van der Waals surface area contributed by atoms with Crippen LogP contribution < -0.4 is 5.32 Å². The normalized spacial score (nSPS) is 12.2. The first-order valence-electron chi connectivity index (χ1n) is 5.98. The second-order valence-corrected chi connectivity index (χ2v) is 4.88. The van der Waals surface area contributed by atoms with Gasteiger partial charge in [0.05, 0.1) is 11.7 Å². The van der Waals surface area contributed by atoms with Gasteiger partial charge in [-0.3, -0.25) is 4.79 Å². The van der Waals surface area contributed by atoms with Crippen molar-refractivity contribution in [3.05, 3.63) is 51.9 Å². The van der Waals surface area contributed by atoms with Crippen molar-refractivity contribution in [3.8, 4) is 0 Å². The van der Waals surface area contributed by atoms with Gasteiger partial charge in [-0.1, -0.05) is 28.9 Å². The van der Waals surface area contributed by atoms with E-state index < -0.39 is 0 Å². The first-order chi connectivity index (χ1) is 8.99. The molecule has 2 rings (SSSR count). The molecule has 100 valence electrons. The Hall–Kier alpha value is -1.81. The highest BCUT2D eigenvalue weighted by Crippen LogP contribution is 2.18. The minimum absolute atomic E-state index is 0.113. The van der Waals surface area contributed by atoms with Crippen molar-refractivity contribution in [1.82, 2.24) is 10.5 Å². The third-order valence-corrected chi connectivity index (χ3v) is 3.23. The molecule has 0 fully saturated rings. The fourth-order valence-corrected chi connectivity index (χ4v) is 2.04. The second-order valence-electron chi connectivity index (χ2n) is 4.45. The van der Waals surface area contributed by atoms with Gasteiger partial charge >= 0.3 is 0 Å². The number of carbonyl (C=O) groups excluding carboxylic acids is 1. The first-order valence-corrected chi connectivity index (χ1v) is 6.36. The monoisotopic (exact) mass is 278 g/mol. The summed E-state index contributed by atoms with van der Waals surface area (Å²) < 4.78 is 4.99. The lowest BCUT2D eigenvalue weighted by Crippen LogP contribution is -2.27. The molecule has 0 aliphatic heterocycles. The number of halogens is 1. The molecule has 0 aliphatic rings. The van der Waals surface area contributed by atoms with Crippen LogP contribution in [0.1, 0.15) is 40.3 Å². The lowest BCUT2D eigenvalue weighted by atomic mass is 10.1. The summed E-state index contributed by atoms with van der Waals surface area (Å²) in [4.78, 5) is 12.2. The number of rotatable bonds is 3. The van der Waals surface area contributed by atoms with E-state index in [4.69, 9.17) is 16.1 Å².